The van der Waals surface area contributed by atoms with E-state index in [9.17, 15) is 18.0 Å². The van der Waals surface area contributed by atoms with Crippen molar-refractivity contribution in [3.63, 3.8) is 0 Å². The monoisotopic (exact) mass is 401 g/mol. The van der Waals surface area contributed by atoms with Crippen LogP contribution in [0.25, 0.3) is 0 Å². The second kappa shape index (κ2) is 7.86. The maximum Gasteiger partial charge on any atom is 0.338 e. The van der Waals surface area contributed by atoms with Gasteiger partial charge in [-0.3, -0.25) is 4.79 Å². The molecule has 0 saturated carbocycles. The maximum absolute atomic E-state index is 11.9. The van der Waals surface area contributed by atoms with Gasteiger partial charge >= 0.3 is 5.97 Å². The molecular weight excluding hydrogens is 389 g/mol. The topological polar surface area (TPSA) is 89.5 Å². The summed E-state index contributed by atoms with van der Waals surface area (Å²) in [7, 11) is -3.45. The Morgan fingerprint density at radius 3 is 2.32 bits per heavy atom. The van der Waals surface area contributed by atoms with Crippen molar-refractivity contribution in [2.75, 3.05) is 18.2 Å². The molecule has 0 aliphatic heterocycles. The van der Waals surface area contributed by atoms with Gasteiger partial charge in [0.2, 0.25) is 0 Å². The molecule has 25 heavy (non-hydrogen) atoms. The first-order valence-electron chi connectivity index (χ1n) is 6.89. The van der Waals surface area contributed by atoms with Gasteiger partial charge in [0.25, 0.3) is 5.91 Å². The molecule has 132 valence electrons. The third-order valence-electron chi connectivity index (χ3n) is 3.05. The highest BCUT2D eigenvalue weighted by molar-refractivity contribution is 7.90. The zero-order valence-corrected chi connectivity index (χ0v) is 15.3. The Labute approximate surface area is 154 Å². The molecule has 0 fully saturated rings. The number of ether oxygens (including phenoxy) is 1. The van der Waals surface area contributed by atoms with E-state index < -0.39 is 28.3 Å². The second-order valence-corrected chi connectivity index (χ2v) is 7.90. The van der Waals surface area contributed by atoms with E-state index in [0.717, 1.165) is 6.26 Å². The first-order valence-corrected chi connectivity index (χ1v) is 9.54. The molecule has 0 heterocycles. The molecule has 0 aliphatic rings. The molecule has 0 radical (unpaired) electrons. The fraction of sp³-hybridized carbons (Fsp3) is 0.125. The first-order chi connectivity index (χ1) is 11.7. The Morgan fingerprint density at radius 1 is 1.08 bits per heavy atom. The Hall–Kier alpha value is -2.09. The molecule has 0 saturated heterocycles. The fourth-order valence-corrected chi connectivity index (χ4v) is 2.76. The fourth-order valence-electron chi connectivity index (χ4n) is 1.82. The van der Waals surface area contributed by atoms with Gasteiger partial charge in [-0.25, -0.2) is 13.2 Å². The van der Waals surface area contributed by atoms with E-state index in [1.165, 1.54) is 42.5 Å². The van der Waals surface area contributed by atoms with Gasteiger partial charge in [-0.2, -0.15) is 0 Å². The maximum atomic E-state index is 11.9. The summed E-state index contributed by atoms with van der Waals surface area (Å²) in [4.78, 5) is 23.7. The van der Waals surface area contributed by atoms with Crippen LogP contribution in [0, 0.1) is 0 Å². The molecule has 2 rings (SSSR count). The smallest absolute Gasteiger partial charge is 0.338 e. The van der Waals surface area contributed by atoms with Crippen LogP contribution >= 0.6 is 23.2 Å². The minimum Gasteiger partial charge on any atom is -0.452 e. The summed E-state index contributed by atoms with van der Waals surface area (Å²) in [5.41, 5.74) is 0.353. The number of carbonyl (C=O) groups excluding carboxylic acids is 2. The summed E-state index contributed by atoms with van der Waals surface area (Å²) >= 11 is 11.7. The summed E-state index contributed by atoms with van der Waals surface area (Å²) in [5.74, 6) is -1.35. The lowest BCUT2D eigenvalue weighted by atomic mass is 10.2. The zero-order chi connectivity index (χ0) is 18.6. The molecule has 6 nitrogen and oxygen atoms in total. The Bertz CT molecular complexity index is 911. The van der Waals surface area contributed by atoms with E-state index in [0.29, 0.717) is 5.02 Å². The normalized spacial score (nSPS) is 11.0. The predicted octanol–water partition coefficient (Wildman–Crippen LogP) is 3.19. The highest BCUT2D eigenvalue weighted by Gasteiger charge is 2.14. The Kier molecular flexibility index (Phi) is 6.05. The molecule has 1 N–H and O–H groups in total. The molecule has 1 amide bonds. The van der Waals surface area contributed by atoms with E-state index in [2.05, 4.69) is 5.32 Å². The molecule has 0 unspecified atom stereocenters. The van der Waals surface area contributed by atoms with E-state index in [1.54, 1.807) is 0 Å². The predicted molar refractivity (Wildman–Crippen MR) is 94.9 cm³/mol. The number of rotatable bonds is 5. The SMILES string of the molecule is CS(=O)(=O)c1ccc(Cl)c(NC(=O)COC(=O)c2ccc(Cl)cc2)c1. The number of esters is 1. The van der Waals surface area contributed by atoms with Gasteiger partial charge in [-0.1, -0.05) is 23.2 Å². The van der Waals surface area contributed by atoms with Crippen molar-refractivity contribution < 1.29 is 22.7 Å². The number of amides is 1. The second-order valence-electron chi connectivity index (χ2n) is 5.05. The molecule has 0 spiro atoms. The molecule has 0 aliphatic carbocycles. The molecular formula is C16H13Cl2NO5S. The van der Waals surface area contributed by atoms with E-state index in [-0.39, 0.29) is 21.2 Å². The lowest BCUT2D eigenvalue weighted by Gasteiger charge is -2.09. The molecule has 0 bridgehead atoms. The number of sulfone groups is 1. The van der Waals surface area contributed by atoms with Crippen molar-refractivity contribution in [2.24, 2.45) is 0 Å². The van der Waals surface area contributed by atoms with Crippen LogP contribution in [-0.2, 0) is 19.4 Å². The molecule has 2 aromatic rings. The number of hydrogen-bond donors (Lipinski definition) is 1. The van der Waals surface area contributed by atoms with Crippen molar-refractivity contribution in [3.05, 3.63) is 58.1 Å². The minimum absolute atomic E-state index is 0.00496. The van der Waals surface area contributed by atoms with E-state index in [1.807, 2.05) is 0 Å². The average molecular weight is 402 g/mol. The standard InChI is InChI=1S/C16H13Cl2NO5S/c1-25(22,23)12-6-7-13(18)14(8-12)19-15(20)9-24-16(21)10-2-4-11(17)5-3-10/h2-8H,9H2,1H3,(H,19,20). The van der Waals surface area contributed by atoms with E-state index in [4.69, 9.17) is 27.9 Å². The van der Waals surface area contributed by atoms with Crippen LogP contribution in [-0.4, -0.2) is 33.2 Å². The van der Waals surface area contributed by atoms with Gasteiger partial charge < -0.3 is 10.1 Å². The Morgan fingerprint density at radius 2 is 1.72 bits per heavy atom. The first kappa shape index (κ1) is 19.2. The summed E-state index contributed by atoms with van der Waals surface area (Å²) in [6, 6.07) is 9.89. The lowest BCUT2D eigenvalue weighted by Crippen LogP contribution is -2.21. The number of nitrogens with one attached hydrogen (secondary N) is 1. The van der Waals surface area contributed by atoms with E-state index >= 15 is 0 Å². The number of benzene rings is 2. The zero-order valence-electron chi connectivity index (χ0n) is 13.0. The third kappa shape index (κ3) is 5.45. The quantitative estimate of drug-likeness (QED) is 0.776. The van der Waals surface area contributed by atoms with Crippen molar-refractivity contribution >= 4 is 50.6 Å². The molecule has 0 atom stereocenters. The van der Waals surface area contributed by atoms with Gasteiger partial charge in [-0.05, 0) is 42.5 Å². The van der Waals surface area contributed by atoms with Crippen molar-refractivity contribution in [1.82, 2.24) is 0 Å². The van der Waals surface area contributed by atoms with Crippen LogP contribution in [0.1, 0.15) is 10.4 Å². The van der Waals surface area contributed by atoms with Crippen molar-refractivity contribution in [2.45, 2.75) is 4.90 Å². The van der Waals surface area contributed by atoms with Crippen LogP contribution < -0.4 is 5.32 Å². The van der Waals surface area contributed by atoms with Gasteiger partial charge in [-0.15, -0.1) is 0 Å². The highest BCUT2D eigenvalue weighted by Crippen LogP contribution is 2.25. The summed E-state index contributed by atoms with van der Waals surface area (Å²) in [6.45, 7) is -0.555. The van der Waals surface area contributed by atoms with Crippen LogP contribution in [0.2, 0.25) is 10.0 Å². The van der Waals surface area contributed by atoms with Gasteiger partial charge in [0.05, 0.1) is 21.2 Å². The highest BCUT2D eigenvalue weighted by atomic mass is 35.5. The van der Waals surface area contributed by atoms with Gasteiger partial charge in [0, 0.05) is 11.3 Å². The van der Waals surface area contributed by atoms with Crippen LogP contribution in [0.15, 0.2) is 47.4 Å². The van der Waals surface area contributed by atoms with Crippen molar-refractivity contribution in [1.29, 1.82) is 0 Å². The van der Waals surface area contributed by atoms with Gasteiger partial charge in [0.1, 0.15) is 0 Å². The van der Waals surface area contributed by atoms with Crippen LogP contribution in [0.3, 0.4) is 0 Å². The lowest BCUT2D eigenvalue weighted by molar-refractivity contribution is -0.119. The summed E-state index contributed by atoms with van der Waals surface area (Å²) in [6.07, 6.45) is 1.04. The summed E-state index contributed by atoms with van der Waals surface area (Å²) in [5, 5.41) is 3.03. The van der Waals surface area contributed by atoms with Gasteiger partial charge in [0.15, 0.2) is 16.4 Å². The number of hydrogen-bond acceptors (Lipinski definition) is 5. The number of halogens is 2. The summed E-state index contributed by atoms with van der Waals surface area (Å²) < 4.78 is 28.0. The largest absolute Gasteiger partial charge is 0.452 e. The third-order valence-corrected chi connectivity index (χ3v) is 4.75. The molecule has 0 aromatic heterocycles. The average Bonchev–Trinajstić information content (AvgIpc) is 2.54. The van der Waals surface area contributed by atoms with Crippen molar-refractivity contribution in [3.8, 4) is 0 Å². The molecule has 2 aromatic carbocycles. The number of carbonyl (C=O) groups is 2. The Balaban J connectivity index is 2.01. The van der Waals surface area contributed by atoms with Crippen LogP contribution in [0.5, 0.6) is 0 Å². The number of anilines is 1. The molecule has 9 heteroatoms. The minimum atomic E-state index is -3.45. The van der Waals surface area contributed by atoms with Crippen LogP contribution in [0.4, 0.5) is 5.69 Å².